The van der Waals surface area contributed by atoms with Gasteiger partial charge in [0.05, 0.1) is 7.11 Å². The van der Waals surface area contributed by atoms with Crippen LogP contribution in [0.15, 0.2) is 48.5 Å². The minimum atomic E-state index is 0.211. The van der Waals surface area contributed by atoms with Gasteiger partial charge in [-0.05, 0) is 42.0 Å². The Bertz CT molecular complexity index is 624. The largest absolute Gasteiger partial charge is 0.497 e. The van der Waals surface area contributed by atoms with E-state index in [0.717, 1.165) is 16.9 Å². The molecule has 0 atom stereocenters. The first-order chi connectivity index (χ1) is 10.3. The molecule has 3 rings (SSSR count). The zero-order valence-electron chi connectivity index (χ0n) is 12.3. The van der Waals surface area contributed by atoms with Crippen LogP contribution in [0, 0.1) is 0 Å². The standard InChI is InChI=1S/C19H20O2/c1-21-16-11-9-14(10-12-16)13-19(20)18-8-3-2-7-17(18)15-5-4-6-15/h2-3,7-12,15H,4-6,13H2,1H3. The number of hydrogen-bond donors (Lipinski definition) is 0. The lowest BCUT2D eigenvalue weighted by atomic mass is 9.77. The Morgan fingerprint density at radius 3 is 2.43 bits per heavy atom. The summed E-state index contributed by atoms with van der Waals surface area (Å²) in [5.41, 5.74) is 3.17. The summed E-state index contributed by atoms with van der Waals surface area (Å²) in [7, 11) is 1.65. The molecule has 108 valence electrons. The van der Waals surface area contributed by atoms with E-state index in [4.69, 9.17) is 4.74 Å². The smallest absolute Gasteiger partial charge is 0.167 e. The minimum absolute atomic E-state index is 0.211. The molecular formula is C19H20O2. The predicted molar refractivity (Wildman–Crippen MR) is 84.1 cm³/mol. The van der Waals surface area contributed by atoms with Gasteiger partial charge in [0.2, 0.25) is 0 Å². The normalized spacial score (nSPS) is 14.5. The molecule has 0 radical (unpaired) electrons. The van der Waals surface area contributed by atoms with E-state index in [0.29, 0.717) is 12.3 Å². The van der Waals surface area contributed by atoms with Crippen molar-refractivity contribution in [3.05, 3.63) is 65.2 Å². The Balaban J connectivity index is 1.78. The van der Waals surface area contributed by atoms with Crippen molar-refractivity contribution in [2.75, 3.05) is 7.11 Å². The van der Waals surface area contributed by atoms with Gasteiger partial charge < -0.3 is 4.74 Å². The maximum absolute atomic E-state index is 12.6. The third-order valence-corrected chi connectivity index (χ3v) is 4.33. The van der Waals surface area contributed by atoms with Crippen LogP contribution in [-0.2, 0) is 6.42 Å². The molecule has 2 nitrogen and oxygen atoms in total. The molecule has 1 saturated carbocycles. The van der Waals surface area contributed by atoms with Crippen molar-refractivity contribution >= 4 is 5.78 Å². The molecule has 2 aromatic carbocycles. The van der Waals surface area contributed by atoms with Crippen molar-refractivity contribution in [2.45, 2.75) is 31.6 Å². The fourth-order valence-corrected chi connectivity index (χ4v) is 2.85. The van der Waals surface area contributed by atoms with Gasteiger partial charge in [-0.15, -0.1) is 0 Å². The Morgan fingerprint density at radius 2 is 1.81 bits per heavy atom. The number of rotatable bonds is 5. The molecule has 0 unspecified atom stereocenters. The van der Waals surface area contributed by atoms with Gasteiger partial charge in [-0.1, -0.05) is 42.8 Å². The van der Waals surface area contributed by atoms with Gasteiger partial charge in [0.15, 0.2) is 5.78 Å². The summed E-state index contributed by atoms with van der Waals surface area (Å²) in [4.78, 5) is 12.6. The van der Waals surface area contributed by atoms with Gasteiger partial charge in [-0.2, -0.15) is 0 Å². The first kappa shape index (κ1) is 13.9. The fourth-order valence-electron chi connectivity index (χ4n) is 2.85. The van der Waals surface area contributed by atoms with Crippen LogP contribution in [0.25, 0.3) is 0 Å². The summed E-state index contributed by atoms with van der Waals surface area (Å²) in [6.45, 7) is 0. The number of carbonyl (C=O) groups excluding carboxylic acids is 1. The number of ether oxygens (including phenoxy) is 1. The molecule has 0 N–H and O–H groups in total. The Kier molecular flexibility index (Phi) is 4.05. The predicted octanol–water partition coefficient (Wildman–Crippen LogP) is 4.39. The van der Waals surface area contributed by atoms with E-state index in [1.165, 1.54) is 24.8 Å². The highest BCUT2D eigenvalue weighted by Gasteiger charge is 2.24. The SMILES string of the molecule is COc1ccc(CC(=O)c2ccccc2C2CCC2)cc1. The van der Waals surface area contributed by atoms with Gasteiger partial charge in [0.25, 0.3) is 0 Å². The van der Waals surface area contributed by atoms with E-state index in [-0.39, 0.29) is 5.78 Å². The molecule has 0 heterocycles. The van der Waals surface area contributed by atoms with Crippen molar-refractivity contribution in [2.24, 2.45) is 0 Å². The number of carbonyl (C=O) groups is 1. The highest BCUT2D eigenvalue weighted by Crippen LogP contribution is 2.38. The monoisotopic (exact) mass is 280 g/mol. The highest BCUT2D eigenvalue weighted by atomic mass is 16.5. The maximum atomic E-state index is 12.6. The highest BCUT2D eigenvalue weighted by molar-refractivity contribution is 5.99. The van der Waals surface area contributed by atoms with Crippen molar-refractivity contribution < 1.29 is 9.53 Å². The average molecular weight is 280 g/mol. The Hall–Kier alpha value is -2.09. The zero-order valence-corrected chi connectivity index (χ0v) is 12.3. The van der Waals surface area contributed by atoms with Gasteiger partial charge in [-0.3, -0.25) is 4.79 Å². The molecule has 1 aliphatic carbocycles. The van der Waals surface area contributed by atoms with Crippen LogP contribution in [0.5, 0.6) is 5.75 Å². The third kappa shape index (κ3) is 2.99. The minimum Gasteiger partial charge on any atom is -0.497 e. The summed E-state index contributed by atoms with van der Waals surface area (Å²) in [5, 5.41) is 0. The van der Waals surface area contributed by atoms with E-state index >= 15 is 0 Å². The van der Waals surface area contributed by atoms with E-state index < -0.39 is 0 Å². The van der Waals surface area contributed by atoms with Crippen LogP contribution in [0.4, 0.5) is 0 Å². The maximum Gasteiger partial charge on any atom is 0.167 e. The molecule has 2 heteroatoms. The number of Topliss-reactive ketones (excluding diaryl/α,β-unsaturated/α-hetero) is 1. The second-order valence-electron chi connectivity index (χ2n) is 5.66. The second kappa shape index (κ2) is 6.13. The van der Waals surface area contributed by atoms with Crippen LogP contribution in [0.3, 0.4) is 0 Å². The lowest BCUT2D eigenvalue weighted by molar-refractivity contribution is 0.0991. The molecule has 0 aromatic heterocycles. The van der Waals surface area contributed by atoms with Gasteiger partial charge in [-0.25, -0.2) is 0 Å². The van der Waals surface area contributed by atoms with Crippen LogP contribution >= 0.6 is 0 Å². The summed E-state index contributed by atoms with van der Waals surface area (Å²) in [6.07, 6.45) is 4.17. The quantitative estimate of drug-likeness (QED) is 0.759. The van der Waals surface area contributed by atoms with Gasteiger partial charge in [0.1, 0.15) is 5.75 Å². The van der Waals surface area contributed by atoms with Crippen LogP contribution in [0.1, 0.15) is 46.7 Å². The Labute approximate surface area is 125 Å². The first-order valence-electron chi connectivity index (χ1n) is 7.53. The summed E-state index contributed by atoms with van der Waals surface area (Å²) < 4.78 is 5.15. The van der Waals surface area contributed by atoms with Crippen molar-refractivity contribution in [1.29, 1.82) is 0 Å². The van der Waals surface area contributed by atoms with Crippen molar-refractivity contribution in [3.8, 4) is 5.75 Å². The zero-order chi connectivity index (χ0) is 14.7. The van der Waals surface area contributed by atoms with Crippen LogP contribution < -0.4 is 4.74 Å². The van der Waals surface area contributed by atoms with Gasteiger partial charge in [0, 0.05) is 12.0 Å². The summed E-state index contributed by atoms with van der Waals surface area (Å²) in [5.74, 6) is 1.62. The van der Waals surface area contributed by atoms with Gasteiger partial charge >= 0.3 is 0 Å². The molecule has 21 heavy (non-hydrogen) atoms. The number of benzene rings is 2. The topological polar surface area (TPSA) is 26.3 Å². The molecule has 0 bridgehead atoms. The van der Waals surface area contributed by atoms with Crippen molar-refractivity contribution in [1.82, 2.24) is 0 Å². The number of methoxy groups -OCH3 is 1. The number of hydrogen-bond acceptors (Lipinski definition) is 2. The van der Waals surface area contributed by atoms with Crippen LogP contribution in [0.2, 0.25) is 0 Å². The average Bonchev–Trinajstić information content (AvgIpc) is 2.47. The van der Waals surface area contributed by atoms with Crippen molar-refractivity contribution in [3.63, 3.8) is 0 Å². The summed E-state index contributed by atoms with van der Waals surface area (Å²) in [6, 6.07) is 15.8. The first-order valence-corrected chi connectivity index (χ1v) is 7.53. The number of ketones is 1. The Morgan fingerprint density at radius 1 is 1.10 bits per heavy atom. The van der Waals surface area contributed by atoms with E-state index in [1.54, 1.807) is 7.11 Å². The molecule has 0 amide bonds. The molecular weight excluding hydrogens is 260 g/mol. The summed E-state index contributed by atoms with van der Waals surface area (Å²) >= 11 is 0. The molecule has 1 aliphatic rings. The lowest BCUT2D eigenvalue weighted by Gasteiger charge is -2.27. The lowest BCUT2D eigenvalue weighted by Crippen LogP contribution is -2.15. The molecule has 1 fully saturated rings. The second-order valence-corrected chi connectivity index (χ2v) is 5.66. The molecule has 2 aromatic rings. The molecule has 0 saturated heterocycles. The van der Waals surface area contributed by atoms with E-state index in [2.05, 4.69) is 6.07 Å². The fraction of sp³-hybridized carbons (Fsp3) is 0.316. The molecule has 0 aliphatic heterocycles. The molecule has 0 spiro atoms. The van der Waals surface area contributed by atoms with E-state index in [9.17, 15) is 4.79 Å². The van der Waals surface area contributed by atoms with E-state index in [1.807, 2.05) is 42.5 Å². The third-order valence-electron chi connectivity index (χ3n) is 4.33. The van der Waals surface area contributed by atoms with Crippen LogP contribution in [-0.4, -0.2) is 12.9 Å².